The summed E-state index contributed by atoms with van der Waals surface area (Å²) in [6.45, 7) is 7.23. The second-order valence-electron chi connectivity index (χ2n) is 7.89. The van der Waals surface area contributed by atoms with E-state index in [2.05, 4.69) is 34.2 Å². The number of nitrogens with two attached hydrogens (primary N) is 1. The highest BCUT2D eigenvalue weighted by Gasteiger charge is 2.35. The van der Waals surface area contributed by atoms with Gasteiger partial charge in [0.25, 0.3) is 0 Å². The molecule has 2 aliphatic heterocycles. The highest BCUT2D eigenvalue weighted by molar-refractivity contribution is 6.09. The number of ether oxygens (including phenoxy) is 1. The van der Waals surface area contributed by atoms with Crippen LogP contribution in [-0.2, 0) is 4.79 Å². The molecule has 0 bridgehead atoms. The molecule has 0 saturated carbocycles. The molecule has 0 spiro atoms. The zero-order valence-electron chi connectivity index (χ0n) is 16.5. The van der Waals surface area contributed by atoms with Crippen LogP contribution >= 0.6 is 0 Å². The van der Waals surface area contributed by atoms with E-state index in [-0.39, 0.29) is 5.91 Å². The third-order valence-corrected chi connectivity index (χ3v) is 5.56. The van der Waals surface area contributed by atoms with E-state index in [0.29, 0.717) is 23.3 Å². The number of benzene rings is 1. The minimum atomic E-state index is -0.623. The Bertz CT molecular complexity index is 928. The van der Waals surface area contributed by atoms with Crippen LogP contribution in [0.4, 0.5) is 11.5 Å². The number of hydrogen-bond acceptors (Lipinski definition) is 6. The van der Waals surface area contributed by atoms with E-state index in [1.165, 1.54) is 11.9 Å². The fourth-order valence-electron chi connectivity index (χ4n) is 3.94. The van der Waals surface area contributed by atoms with Crippen LogP contribution in [0.1, 0.15) is 50.7 Å². The van der Waals surface area contributed by atoms with E-state index in [9.17, 15) is 4.79 Å². The maximum Gasteiger partial charge on any atom is 0.246 e. The number of anilines is 1. The van der Waals surface area contributed by atoms with Crippen molar-refractivity contribution in [1.82, 2.24) is 14.9 Å². The van der Waals surface area contributed by atoms with Gasteiger partial charge < -0.3 is 15.4 Å². The molecule has 2 aromatic rings. The predicted octanol–water partition coefficient (Wildman–Crippen LogP) is 3.08. The molecular formula is C21H25N5O2. The lowest BCUT2D eigenvalue weighted by molar-refractivity contribution is -0.129. The van der Waals surface area contributed by atoms with Crippen molar-refractivity contribution in [2.24, 2.45) is 4.99 Å². The number of likely N-dealkylation sites (tertiary alicyclic amines) is 1. The number of nitrogens with zero attached hydrogens (tertiary/aromatic N) is 4. The van der Waals surface area contributed by atoms with Crippen molar-refractivity contribution in [3.63, 3.8) is 0 Å². The van der Waals surface area contributed by atoms with E-state index in [0.717, 1.165) is 37.2 Å². The zero-order valence-corrected chi connectivity index (χ0v) is 16.5. The number of piperidine rings is 1. The Labute approximate surface area is 164 Å². The van der Waals surface area contributed by atoms with Crippen molar-refractivity contribution < 1.29 is 9.53 Å². The molecule has 1 aromatic heterocycles. The number of nitrogen functional groups attached to an aromatic ring is 1. The minimum absolute atomic E-state index is 0.162. The van der Waals surface area contributed by atoms with Crippen molar-refractivity contribution in [2.45, 2.75) is 45.1 Å². The van der Waals surface area contributed by atoms with Crippen LogP contribution in [0.15, 0.2) is 35.6 Å². The molecule has 0 radical (unpaired) electrons. The monoisotopic (exact) mass is 379 g/mol. The standard InChI is InChI=1S/C21H25N5O2/c1-13(27)26-10-8-15(9-11-26)14-4-6-16(7-5-14)18-21(2,3)28-20-17(25-18)19(22)23-12-24-20/h4-7,12,15H,8-11H2,1-3H3,(H2,22,23,24). The number of amides is 1. The highest BCUT2D eigenvalue weighted by atomic mass is 16.5. The first kappa shape index (κ1) is 18.4. The van der Waals surface area contributed by atoms with Crippen LogP contribution in [0.5, 0.6) is 5.88 Å². The van der Waals surface area contributed by atoms with Gasteiger partial charge in [-0.3, -0.25) is 4.79 Å². The molecule has 7 nitrogen and oxygen atoms in total. The largest absolute Gasteiger partial charge is 0.463 e. The Hall–Kier alpha value is -2.96. The zero-order chi connectivity index (χ0) is 19.9. The number of aromatic nitrogens is 2. The molecule has 28 heavy (non-hydrogen) atoms. The van der Waals surface area contributed by atoms with Gasteiger partial charge >= 0.3 is 0 Å². The van der Waals surface area contributed by atoms with Gasteiger partial charge in [0.15, 0.2) is 11.5 Å². The van der Waals surface area contributed by atoms with Crippen LogP contribution in [-0.4, -0.2) is 45.2 Å². The van der Waals surface area contributed by atoms with E-state index < -0.39 is 5.60 Å². The molecule has 1 saturated heterocycles. The third kappa shape index (κ3) is 3.32. The minimum Gasteiger partial charge on any atom is -0.463 e. The number of aliphatic imine (C=N–C) groups is 1. The number of carbonyl (C=O) groups excluding carboxylic acids is 1. The maximum absolute atomic E-state index is 11.5. The Kier molecular flexibility index (Phi) is 4.53. The van der Waals surface area contributed by atoms with Gasteiger partial charge in [-0.2, -0.15) is 4.98 Å². The SMILES string of the molecule is CC(=O)N1CCC(c2ccc(C3=Nc4c(N)ncnc4OC3(C)C)cc2)CC1. The lowest BCUT2D eigenvalue weighted by atomic mass is 9.87. The fourth-order valence-corrected chi connectivity index (χ4v) is 3.94. The Balaban J connectivity index is 1.59. The van der Waals surface area contributed by atoms with Crippen molar-refractivity contribution >= 4 is 23.1 Å². The second kappa shape index (κ2) is 6.89. The summed E-state index contributed by atoms with van der Waals surface area (Å²) in [5.74, 6) is 1.36. The molecule has 3 heterocycles. The van der Waals surface area contributed by atoms with Gasteiger partial charge in [0.1, 0.15) is 11.9 Å². The van der Waals surface area contributed by atoms with Crippen molar-refractivity contribution in [3.05, 3.63) is 41.7 Å². The van der Waals surface area contributed by atoms with Crippen LogP contribution in [0.2, 0.25) is 0 Å². The number of carbonyl (C=O) groups is 1. The van der Waals surface area contributed by atoms with Crippen LogP contribution in [0, 0.1) is 0 Å². The van der Waals surface area contributed by atoms with Gasteiger partial charge in [0.2, 0.25) is 11.8 Å². The molecule has 0 unspecified atom stereocenters. The van der Waals surface area contributed by atoms with Gasteiger partial charge in [0.05, 0.1) is 5.71 Å². The predicted molar refractivity (Wildman–Crippen MR) is 108 cm³/mol. The van der Waals surface area contributed by atoms with Gasteiger partial charge in [0, 0.05) is 25.6 Å². The summed E-state index contributed by atoms with van der Waals surface area (Å²) in [7, 11) is 0. The average Bonchev–Trinajstić information content (AvgIpc) is 2.67. The summed E-state index contributed by atoms with van der Waals surface area (Å²) in [5.41, 5.74) is 8.91. The number of rotatable bonds is 2. The van der Waals surface area contributed by atoms with E-state index in [4.69, 9.17) is 15.5 Å². The first-order valence-corrected chi connectivity index (χ1v) is 9.59. The number of fused-ring (bicyclic) bond motifs is 1. The summed E-state index contributed by atoms with van der Waals surface area (Å²) in [6.07, 6.45) is 3.38. The fraction of sp³-hybridized carbons (Fsp3) is 0.429. The molecule has 146 valence electrons. The summed E-state index contributed by atoms with van der Waals surface area (Å²) in [5, 5.41) is 0. The van der Waals surface area contributed by atoms with E-state index in [1.807, 2.05) is 18.7 Å². The molecule has 4 rings (SSSR count). The summed E-state index contributed by atoms with van der Waals surface area (Å²) in [6, 6.07) is 8.48. The van der Waals surface area contributed by atoms with Gasteiger partial charge in [-0.25, -0.2) is 9.98 Å². The average molecular weight is 379 g/mol. The lowest BCUT2D eigenvalue weighted by Gasteiger charge is -2.33. The lowest BCUT2D eigenvalue weighted by Crippen LogP contribution is -2.41. The molecule has 2 N–H and O–H groups in total. The molecule has 7 heteroatoms. The Morgan fingerprint density at radius 2 is 1.86 bits per heavy atom. The molecule has 2 aliphatic rings. The Morgan fingerprint density at radius 3 is 2.50 bits per heavy atom. The van der Waals surface area contributed by atoms with E-state index in [1.54, 1.807) is 6.92 Å². The van der Waals surface area contributed by atoms with Crippen LogP contribution in [0.25, 0.3) is 0 Å². The quantitative estimate of drug-likeness (QED) is 0.865. The van der Waals surface area contributed by atoms with E-state index >= 15 is 0 Å². The molecule has 0 aliphatic carbocycles. The highest BCUT2D eigenvalue weighted by Crippen LogP contribution is 2.39. The molecule has 1 aromatic carbocycles. The molecule has 1 amide bonds. The maximum atomic E-state index is 11.5. The van der Waals surface area contributed by atoms with Crippen molar-refractivity contribution in [1.29, 1.82) is 0 Å². The Morgan fingerprint density at radius 1 is 1.18 bits per heavy atom. The molecular weight excluding hydrogens is 354 g/mol. The van der Waals surface area contributed by atoms with Crippen molar-refractivity contribution in [3.8, 4) is 5.88 Å². The van der Waals surface area contributed by atoms with Crippen LogP contribution < -0.4 is 10.5 Å². The molecule has 0 atom stereocenters. The molecule has 1 fully saturated rings. The smallest absolute Gasteiger partial charge is 0.246 e. The van der Waals surface area contributed by atoms with Gasteiger partial charge in [-0.15, -0.1) is 0 Å². The summed E-state index contributed by atoms with van der Waals surface area (Å²) >= 11 is 0. The third-order valence-electron chi connectivity index (χ3n) is 5.56. The summed E-state index contributed by atoms with van der Waals surface area (Å²) < 4.78 is 6.05. The van der Waals surface area contributed by atoms with Crippen LogP contribution in [0.3, 0.4) is 0 Å². The second-order valence-corrected chi connectivity index (χ2v) is 7.89. The first-order chi connectivity index (χ1) is 13.3. The van der Waals surface area contributed by atoms with Gasteiger partial charge in [-0.05, 0) is 38.2 Å². The topological polar surface area (TPSA) is 93.7 Å². The number of hydrogen-bond donors (Lipinski definition) is 1. The normalized spacial score (nSPS) is 18.8. The van der Waals surface area contributed by atoms with Gasteiger partial charge in [-0.1, -0.05) is 24.3 Å². The summed E-state index contributed by atoms with van der Waals surface area (Å²) in [4.78, 5) is 26.3. The first-order valence-electron chi connectivity index (χ1n) is 9.59. The van der Waals surface area contributed by atoms with Crippen molar-refractivity contribution in [2.75, 3.05) is 18.8 Å².